The van der Waals surface area contributed by atoms with Crippen LogP contribution in [0.4, 0.5) is 11.5 Å². The fourth-order valence-corrected chi connectivity index (χ4v) is 2.02. The van der Waals surface area contributed by atoms with Crippen LogP contribution in [0.5, 0.6) is 0 Å². The van der Waals surface area contributed by atoms with Gasteiger partial charge in [-0.3, -0.25) is 14.9 Å². The van der Waals surface area contributed by atoms with Gasteiger partial charge in [0, 0.05) is 28.4 Å². The molecule has 0 aliphatic carbocycles. The zero-order valence-electron chi connectivity index (χ0n) is 11.4. The summed E-state index contributed by atoms with van der Waals surface area (Å²) in [6.07, 6.45) is 1.60. The van der Waals surface area contributed by atoms with Gasteiger partial charge in [0.05, 0.1) is 4.92 Å². The molecule has 7 heteroatoms. The first-order valence-corrected chi connectivity index (χ1v) is 6.86. The largest absolute Gasteiger partial charge is 0.307 e. The second-order valence-corrected chi connectivity index (χ2v) is 5.38. The van der Waals surface area contributed by atoms with Gasteiger partial charge in [-0.15, -0.1) is 0 Å². The lowest BCUT2D eigenvalue weighted by Crippen LogP contribution is -2.14. The van der Waals surface area contributed by atoms with E-state index in [1.807, 2.05) is 6.92 Å². The molecule has 1 amide bonds. The number of pyridine rings is 1. The van der Waals surface area contributed by atoms with Gasteiger partial charge in [0.15, 0.2) is 0 Å². The Hall–Kier alpha value is -2.28. The summed E-state index contributed by atoms with van der Waals surface area (Å²) in [5.41, 5.74) is 1.82. The first kappa shape index (κ1) is 15.1. The zero-order valence-corrected chi connectivity index (χ0v) is 13.0. The predicted octanol–water partition coefficient (Wildman–Crippen LogP) is 3.62. The number of hydrogen-bond acceptors (Lipinski definition) is 4. The van der Waals surface area contributed by atoms with Gasteiger partial charge in [0.25, 0.3) is 11.6 Å². The first-order chi connectivity index (χ1) is 9.88. The molecule has 1 aromatic carbocycles. The van der Waals surface area contributed by atoms with Gasteiger partial charge < -0.3 is 5.32 Å². The Kier molecular flexibility index (Phi) is 4.32. The van der Waals surface area contributed by atoms with Crippen molar-refractivity contribution in [2.75, 3.05) is 5.32 Å². The van der Waals surface area contributed by atoms with E-state index in [4.69, 9.17) is 0 Å². The number of anilines is 1. The highest BCUT2D eigenvalue weighted by molar-refractivity contribution is 9.10. The third-order valence-corrected chi connectivity index (χ3v) is 3.78. The first-order valence-electron chi connectivity index (χ1n) is 6.07. The van der Waals surface area contributed by atoms with Gasteiger partial charge in [0.2, 0.25) is 0 Å². The highest BCUT2D eigenvalue weighted by atomic mass is 79.9. The van der Waals surface area contributed by atoms with Crippen molar-refractivity contribution in [2.45, 2.75) is 13.8 Å². The topological polar surface area (TPSA) is 85.1 Å². The molecule has 6 nitrogen and oxygen atoms in total. The van der Waals surface area contributed by atoms with E-state index < -0.39 is 4.92 Å². The van der Waals surface area contributed by atoms with E-state index >= 15 is 0 Å². The standard InChI is InChI=1S/C14H12BrN3O3/c1-8-5-10(18(20)21)3-4-11(8)14(19)17-13-6-9(2)12(15)7-16-13/h3-7H,1-2H3,(H,16,17,19). The van der Waals surface area contributed by atoms with Crippen LogP contribution in [0.15, 0.2) is 34.9 Å². The normalized spacial score (nSPS) is 10.2. The minimum absolute atomic E-state index is 0.0401. The molecule has 2 aromatic rings. The maximum atomic E-state index is 12.2. The minimum atomic E-state index is -0.492. The lowest BCUT2D eigenvalue weighted by Gasteiger charge is -2.08. The molecule has 0 spiro atoms. The Morgan fingerprint density at radius 2 is 2.00 bits per heavy atom. The van der Waals surface area contributed by atoms with Crippen LogP contribution >= 0.6 is 15.9 Å². The number of rotatable bonds is 3. The van der Waals surface area contributed by atoms with E-state index in [2.05, 4.69) is 26.2 Å². The van der Waals surface area contributed by atoms with Gasteiger partial charge in [-0.1, -0.05) is 0 Å². The summed E-state index contributed by atoms with van der Waals surface area (Å²) in [6.45, 7) is 3.54. The number of nitro groups is 1. The summed E-state index contributed by atoms with van der Waals surface area (Å²) in [6, 6.07) is 5.86. The summed E-state index contributed by atoms with van der Waals surface area (Å²) >= 11 is 3.33. The fraction of sp³-hybridized carbons (Fsp3) is 0.143. The number of nitrogens with zero attached hydrogens (tertiary/aromatic N) is 2. The second kappa shape index (κ2) is 6.01. The number of hydrogen-bond donors (Lipinski definition) is 1. The molecule has 2 rings (SSSR count). The number of aryl methyl sites for hydroxylation is 2. The Bertz CT molecular complexity index is 731. The summed E-state index contributed by atoms with van der Waals surface area (Å²) in [5, 5.41) is 13.4. The number of aromatic nitrogens is 1. The highest BCUT2D eigenvalue weighted by Gasteiger charge is 2.14. The molecule has 21 heavy (non-hydrogen) atoms. The molecule has 0 aliphatic rings. The Morgan fingerprint density at radius 3 is 2.57 bits per heavy atom. The van der Waals surface area contributed by atoms with E-state index in [9.17, 15) is 14.9 Å². The van der Waals surface area contributed by atoms with Crippen LogP contribution in [0.25, 0.3) is 0 Å². The quantitative estimate of drug-likeness (QED) is 0.677. The van der Waals surface area contributed by atoms with Crippen molar-refractivity contribution in [2.24, 2.45) is 0 Å². The molecule has 0 atom stereocenters. The Balaban J connectivity index is 2.24. The Morgan fingerprint density at radius 1 is 1.29 bits per heavy atom. The van der Waals surface area contributed by atoms with E-state index in [-0.39, 0.29) is 11.6 Å². The maximum Gasteiger partial charge on any atom is 0.269 e. The predicted molar refractivity (Wildman–Crippen MR) is 82.5 cm³/mol. The lowest BCUT2D eigenvalue weighted by atomic mass is 10.1. The molecule has 1 heterocycles. The summed E-state index contributed by atoms with van der Waals surface area (Å²) < 4.78 is 0.854. The van der Waals surface area contributed by atoms with Crippen molar-refractivity contribution in [3.63, 3.8) is 0 Å². The maximum absolute atomic E-state index is 12.2. The molecule has 0 bridgehead atoms. The molecular formula is C14H12BrN3O3. The third-order valence-electron chi connectivity index (χ3n) is 2.95. The van der Waals surface area contributed by atoms with Crippen molar-refractivity contribution in [1.29, 1.82) is 0 Å². The van der Waals surface area contributed by atoms with E-state index in [0.717, 1.165) is 10.0 Å². The molecule has 0 radical (unpaired) electrons. The van der Waals surface area contributed by atoms with Crippen molar-refractivity contribution in [3.05, 3.63) is 61.7 Å². The number of carbonyl (C=O) groups is 1. The van der Waals surface area contributed by atoms with Gasteiger partial charge >= 0.3 is 0 Å². The minimum Gasteiger partial charge on any atom is -0.307 e. The monoisotopic (exact) mass is 349 g/mol. The number of carbonyl (C=O) groups excluding carboxylic acids is 1. The van der Waals surface area contributed by atoms with Crippen LogP contribution < -0.4 is 5.32 Å². The summed E-state index contributed by atoms with van der Waals surface area (Å²) in [4.78, 5) is 26.5. The van der Waals surface area contributed by atoms with Crippen molar-refractivity contribution in [3.8, 4) is 0 Å². The highest BCUT2D eigenvalue weighted by Crippen LogP contribution is 2.20. The molecule has 108 valence electrons. The van der Waals surface area contributed by atoms with Crippen LogP contribution in [-0.4, -0.2) is 15.8 Å². The van der Waals surface area contributed by atoms with Crippen molar-refractivity contribution >= 4 is 33.3 Å². The molecular weight excluding hydrogens is 338 g/mol. The molecule has 0 saturated heterocycles. The van der Waals surface area contributed by atoms with Crippen molar-refractivity contribution in [1.82, 2.24) is 4.98 Å². The van der Waals surface area contributed by atoms with Crippen molar-refractivity contribution < 1.29 is 9.72 Å². The molecule has 0 fully saturated rings. The second-order valence-electron chi connectivity index (χ2n) is 4.53. The van der Waals surface area contributed by atoms with Crippen LogP contribution in [0.1, 0.15) is 21.5 Å². The SMILES string of the molecule is Cc1cc(NC(=O)c2ccc([N+](=O)[O-])cc2C)ncc1Br. The van der Waals surface area contributed by atoms with Gasteiger partial charge in [-0.25, -0.2) is 4.98 Å². The zero-order chi connectivity index (χ0) is 15.6. The van der Waals surface area contributed by atoms with Crippen LogP contribution in [0.3, 0.4) is 0 Å². The number of nitrogens with one attached hydrogen (secondary N) is 1. The Labute approximate surface area is 129 Å². The lowest BCUT2D eigenvalue weighted by molar-refractivity contribution is -0.384. The molecule has 1 aromatic heterocycles. The van der Waals surface area contributed by atoms with Gasteiger partial charge in [-0.2, -0.15) is 0 Å². The van der Waals surface area contributed by atoms with E-state index in [1.165, 1.54) is 18.2 Å². The number of amides is 1. The number of benzene rings is 1. The third kappa shape index (κ3) is 3.43. The summed E-state index contributed by atoms with van der Waals surface area (Å²) in [5.74, 6) is 0.0788. The van der Waals surface area contributed by atoms with E-state index in [1.54, 1.807) is 19.2 Å². The van der Waals surface area contributed by atoms with E-state index in [0.29, 0.717) is 16.9 Å². The fourth-order valence-electron chi connectivity index (χ4n) is 1.81. The molecule has 0 unspecified atom stereocenters. The molecule has 0 aliphatic heterocycles. The van der Waals surface area contributed by atoms with Gasteiger partial charge in [-0.05, 0) is 53.0 Å². The smallest absolute Gasteiger partial charge is 0.269 e. The number of non-ortho nitro benzene ring substituents is 1. The average Bonchev–Trinajstić information content (AvgIpc) is 2.42. The van der Waals surface area contributed by atoms with Crippen LogP contribution in [0.2, 0.25) is 0 Å². The number of nitro benzene ring substituents is 1. The molecule has 0 saturated carbocycles. The van der Waals surface area contributed by atoms with Crippen LogP contribution in [-0.2, 0) is 0 Å². The molecule has 1 N–H and O–H groups in total. The van der Waals surface area contributed by atoms with Gasteiger partial charge in [0.1, 0.15) is 5.82 Å². The average molecular weight is 350 g/mol. The van der Waals surface area contributed by atoms with Crippen LogP contribution in [0, 0.1) is 24.0 Å². The summed E-state index contributed by atoms with van der Waals surface area (Å²) in [7, 11) is 0. The number of halogens is 1.